The van der Waals surface area contributed by atoms with Gasteiger partial charge in [0.05, 0.1) is 0 Å². The van der Waals surface area contributed by atoms with E-state index >= 15 is 0 Å². The van der Waals surface area contributed by atoms with Crippen molar-refractivity contribution in [3.8, 4) is 0 Å². The first-order valence-corrected chi connectivity index (χ1v) is 8.64. The lowest BCUT2D eigenvalue weighted by Crippen LogP contribution is -2.31. The Hall–Kier alpha value is -3.29. The van der Waals surface area contributed by atoms with Crippen molar-refractivity contribution in [3.05, 3.63) is 59.2 Å². The number of fused-ring (bicyclic) bond motifs is 1. The van der Waals surface area contributed by atoms with Gasteiger partial charge in [0.2, 0.25) is 0 Å². The van der Waals surface area contributed by atoms with Gasteiger partial charge in [-0.05, 0) is 31.4 Å². The van der Waals surface area contributed by atoms with E-state index in [0.717, 1.165) is 17.0 Å². The topological polar surface area (TPSA) is 98.5 Å². The molecule has 1 amide bonds. The Morgan fingerprint density at radius 2 is 1.93 bits per heavy atom. The van der Waals surface area contributed by atoms with E-state index in [-0.39, 0.29) is 24.3 Å². The second-order valence-corrected chi connectivity index (χ2v) is 6.38. The van der Waals surface area contributed by atoms with Gasteiger partial charge >= 0.3 is 5.97 Å². The van der Waals surface area contributed by atoms with E-state index in [9.17, 15) is 9.59 Å². The van der Waals surface area contributed by atoms with Crippen molar-refractivity contribution in [2.75, 3.05) is 13.2 Å². The van der Waals surface area contributed by atoms with Gasteiger partial charge in [-0.2, -0.15) is 4.98 Å². The fourth-order valence-electron chi connectivity index (χ4n) is 2.67. The van der Waals surface area contributed by atoms with E-state index in [1.54, 1.807) is 0 Å². The number of nitrogens with zero attached hydrogens (tertiary/aromatic N) is 4. The maximum absolute atomic E-state index is 12.1. The average Bonchev–Trinajstić information content (AvgIpc) is 3.09. The number of amides is 1. The Morgan fingerprint density at radius 3 is 2.67 bits per heavy atom. The van der Waals surface area contributed by atoms with Crippen LogP contribution in [0, 0.1) is 13.8 Å². The molecule has 0 aliphatic rings. The molecule has 0 fully saturated rings. The number of aromatic nitrogens is 4. The van der Waals surface area contributed by atoms with Crippen LogP contribution in [0.4, 0.5) is 0 Å². The minimum atomic E-state index is -0.760. The van der Waals surface area contributed by atoms with Crippen molar-refractivity contribution >= 4 is 17.7 Å². The number of carbonyl (C=O) groups excluding carboxylic acids is 2. The van der Waals surface area contributed by atoms with Gasteiger partial charge in [-0.15, -0.1) is 5.10 Å². The highest BCUT2D eigenvalue weighted by atomic mass is 16.5. The monoisotopic (exact) mass is 367 g/mol. The Kier molecular flexibility index (Phi) is 5.44. The van der Waals surface area contributed by atoms with Crippen LogP contribution in [0.3, 0.4) is 0 Å². The molecular formula is C19H21N5O3. The molecule has 140 valence electrons. The number of benzene rings is 1. The summed E-state index contributed by atoms with van der Waals surface area (Å²) >= 11 is 0. The lowest BCUT2D eigenvalue weighted by molar-refractivity contribution is -0.124. The summed E-state index contributed by atoms with van der Waals surface area (Å²) in [6, 6.07) is 11.7. The molecule has 2 heterocycles. The van der Waals surface area contributed by atoms with E-state index in [1.165, 1.54) is 4.52 Å². The number of nitrogens with one attached hydrogen (secondary N) is 1. The van der Waals surface area contributed by atoms with E-state index < -0.39 is 5.97 Å². The third-order valence-corrected chi connectivity index (χ3v) is 4.11. The first-order chi connectivity index (χ1) is 12.9. The van der Waals surface area contributed by atoms with E-state index in [0.29, 0.717) is 12.3 Å². The molecule has 0 saturated heterocycles. The quantitative estimate of drug-likeness (QED) is 0.667. The molecule has 3 rings (SSSR count). The summed E-state index contributed by atoms with van der Waals surface area (Å²) < 4.78 is 6.47. The highest BCUT2D eigenvalue weighted by molar-refractivity contribution is 5.88. The molecule has 1 unspecified atom stereocenters. The molecule has 3 aromatic rings. The van der Waals surface area contributed by atoms with Crippen molar-refractivity contribution in [1.29, 1.82) is 0 Å². The first kappa shape index (κ1) is 18.5. The van der Waals surface area contributed by atoms with Gasteiger partial charge in [0.25, 0.3) is 17.5 Å². The molecule has 2 aromatic heterocycles. The zero-order valence-corrected chi connectivity index (χ0v) is 15.5. The number of aryl methyl sites for hydroxylation is 2. The summed E-state index contributed by atoms with van der Waals surface area (Å²) in [4.78, 5) is 32.3. The van der Waals surface area contributed by atoms with Crippen molar-refractivity contribution in [1.82, 2.24) is 24.9 Å². The molecule has 0 aliphatic heterocycles. The molecular weight excluding hydrogens is 346 g/mol. The predicted molar refractivity (Wildman–Crippen MR) is 98.4 cm³/mol. The lowest BCUT2D eigenvalue weighted by Gasteiger charge is -2.12. The zero-order chi connectivity index (χ0) is 19.4. The maximum Gasteiger partial charge on any atom is 0.378 e. The summed E-state index contributed by atoms with van der Waals surface area (Å²) in [5, 5.41) is 6.84. The van der Waals surface area contributed by atoms with Gasteiger partial charge in [0.15, 0.2) is 6.61 Å². The molecule has 0 bridgehead atoms. The van der Waals surface area contributed by atoms with Crippen LogP contribution >= 0.6 is 0 Å². The largest absolute Gasteiger partial charge is 0.450 e. The van der Waals surface area contributed by atoms with Crippen LogP contribution < -0.4 is 5.32 Å². The zero-order valence-electron chi connectivity index (χ0n) is 15.5. The van der Waals surface area contributed by atoms with Crippen LogP contribution in [-0.4, -0.2) is 44.6 Å². The second-order valence-electron chi connectivity index (χ2n) is 6.38. The number of rotatable bonds is 6. The Balaban J connectivity index is 1.53. The average molecular weight is 367 g/mol. The van der Waals surface area contributed by atoms with E-state index in [1.807, 2.05) is 57.2 Å². The first-order valence-electron chi connectivity index (χ1n) is 8.64. The molecule has 8 nitrogen and oxygen atoms in total. The van der Waals surface area contributed by atoms with Gasteiger partial charge in [-0.1, -0.05) is 37.3 Å². The second kappa shape index (κ2) is 7.94. The molecule has 1 atom stereocenters. The number of hydrogen-bond acceptors (Lipinski definition) is 6. The molecule has 27 heavy (non-hydrogen) atoms. The Morgan fingerprint density at radius 1 is 1.19 bits per heavy atom. The van der Waals surface area contributed by atoms with Crippen LogP contribution in [0.5, 0.6) is 0 Å². The lowest BCUT2D eigenvalue weighted by atomic mass is 10.0. The SMILES string of the molecule is Cc1cc(C)n2nc(C(=O)OCC(=O)NCC(C)c3ccccc3)nc2n1. The smallest absolute Gasteiger partial charge is 0.378 e. The van der Waals surface area contributed by atoms with Crippen LogP contribution in [-0.2, 0) is 9.53 Å². The van der Waals surface area contributed by atoms with Crippen LogP contribution in [0.1, 0.15) is 40.4 Å². The Bertz CT molecular complexity index is 968. The molecule has 0 radical (unpaired) electrons. The minimum Gasteiger partial charge on any atom is -0.450 e. The fraction of sp³-hybridized carbons (Fsp3) is 0.316. The highest BCUT2D eigenvalue weighted by Crippen LogP contribution is 2.13. The molecule has 1 N–H and O–H groups in total. The van der Waals surface area contributed by atoms with Gasteiger partial charge in [-0.25, -0.2) is 14.3 Å². The number of carbonyl (C=O) groups is 2. The third kappa shape index (κ3) is 4.46. The number of ether oxygens (including phenoxy) is 1. The van der Waals surface area contributed by atoms with Gasteiger partial charge < -0.3 is 10.1 Å². The van der Waals surface area contributed by atoms with Gasteiger partial charge in [0.1, 0.15) is 0 Å². The normalized spacial score (nSPS) is 12.0. The molecule has 1 aromatic carbocycles. The van der Waals surface area contributed by atoms with Crippen molar-refractivity contribution in [2.24, 2.45) is 0 Å². The Labute approximate surface area is 156 Å². The van der Waals surface area contributed by atoms with Gasteiger partial charge in [0, 0.05) is 17.9 Å². The van der Waals surface area contributed by atoms with Crippen molar-refractivity contribution < 1.29 is 14.3 Å². The minimum absolute atomic E-state index is 0.123. The summed E-state index contributed by atoms with van der Waals surface area (Å²) in [5.41, 5.74) is 2.71. The number of hydrogen-bond donors (Lipinski definition) is 1. The summed E-state index contributed by atoms with van der Waals surface area (Å²) in [7, 11) is 0. The molecule has 0 saturated carbocycles. The highest BCUT2D eigenvalue weighted by Gasteiger charge is 2.18. The number of esters is 1. The van der Waals surface area contributed by atoms with Crippen LogP contribution in [0.15, 0.2) is 36.4 Å². The van der Waals surface area contributed by atoms with Crippen LogP contribution in [0.25, 0.3) is 5.78 Å². The molecule has 8 heteroatoms. The predicted octanol–water partition coefficient (Wildman–Crippen LogP) is 1.82. The van der Waals surface area contributed by atoms with Crippen LogP contribution in [0.2, 0.25) is 0 Å². The summed E-state index contributed by atoms with van der Waals surface area (Å²) in [6.45, 7) is 5.75. The fourth-order valence-corrected chi connectivity index (χ4v) is 2.67. The van der Waals surface area contributed by atoms with Gasteiger partial charge in [-0.3, -0.25) is 4.79 Å². The summed E-state index contributed by atoms with van der Waals surface area (Å²) in [6.07, 6.45) is 0. The molecule has 0 aliphatic carbocycles. The summed E-state index contributed by atoms with van der Waals surface area (Å²) in [5.74, 6) is -0.783. The van der Waals surface area contributed by atoms with E-state index in [2.05, 4.69) is 20.4 Å². The maximum atomic E-state index is 12.1. The van der Waals surface area contributed by atoms with Crippen molar-refractivity contribution in [3.63, 3.8) is 0 Å². The van der Waals surface area contributed by atoms with Crippen molar-refractivity contribution in [2.45, 2.75) is 26.7 Å². The molecule has 0 spiro atoms. The third-order valence-electron chi connectivity index (χ3n) is 4.11. The van der Waals surface area contributed by atoms with E-state index in [4.69, 9.17) is 4.74 Å². The standard InChI is InChI=1S/C19H21N5O3/c1-12(15-7-5-4-6-8-15)10-20-16(25)11-27-18(26)17-22-19-21-13(2)9-14(3)24(19)23-17/h4-9,12H,10-11H2,1-3H3,(H,20,25).